The predicted molar refractivity (Wildman–Crippen MR) is 109 cm³/mol. The maximum atomic E-state index is 12.9. The highest BCUT2D eigenvalue weighted by Gasteiger charge is 2.25. The molecule has 7 heteroatoms. The quantitative estimate of drug-likeness (QED) is 0.539. The van der Waals surface area contributed by atoms with E-state index in [-0.39, 0.29) is 30.7 Å². The maximum Gasteiger partial charge on any atom is 0.325 e. The van der Waals surface area contributed by atoms with E-state index < -0.39 is 5.97 Å². The summed E-state index contributed by atoms with van der Waals surface area (Å²) in [5.41, 5.74) is 1.72. The zero-order chi connectivity index (χ0) is 20.7. The van der Waals surface area contributed by atoms with Gasteiger partial charge in [-0.05, 0) is 25.1 Å². The molecule has 0 aliphatic rings. The number of nitrogens with one attached hydrogen (secondary N) is 1. The van der Waals surface area contributed by atoms with E-state index in [0.717, 1.165) is 0 Å². The molecule has 0 bridgehead atoms. The summed E-state index contributed by atoms with van der Waals surface area (Å²) in [4.78, 5) is 26.2. The molecule has 6 nitrogen and oxygen atoms in total. The molecule has 1 unspecified atom stereocenters. The first-order chi connectivity index (χ1) is 13.4. The first-order valence-corrected chi connectivity index (χ1v) is 9.09. The van der Waals surface area contributed by atoms with Crippen molar-refractivity contribution in [1.82, 2.24) is 0 Å². The van der Waals surface area contributed by atoms with Crippen LogP contribution in [0, 0.1) is 5.41 Å². The standard InChI is InChI=1S/C21H23ClN2O4/c1-14(27-2)11-19(25)24(13-20(26)28-3)18-10-9-16(22)12-17(18)21(23)15-7-5-4-6-8-15/h4-10,12,14,23H,11,13H2,1-3H3. The van der Waals surface area contributed by atoms with Crippen LogP contribution in [0.2, 0.25) is 5.02 Å². The Labute approximate surface area is 169 Å². The molecule has 148 valence electrons. The molecular formula is C21H23ClN2O4. The van der Waals surface area contributed by atoms with Gasteiger partial charge < -0.3 is 14.4 Å². The summed E-state index contributed by atoms with van der Waals surface area (Å²) in [6.45, 7) is 1.49. The Morgan fingerprint density at radius 3 is 2.43 bits per heavy atom. The molecule has 28 heavy (non-hydrogen) atoms. The number of ether oxygens (including phenoxy) is 2. The number of amides is 1. The molecule has 0 heterocycles. The lowest BCUT2D eigenvalue weighted by Crippen LogP contribution is -2.38. The minimum atomic E-state index is -0.564. The van der Waals surface area contributed by atoms with Crippen LogP contribution in [-0.2, 0) is 19.1 Å². The summed E-state index contributed by atoms with van der Waals surface area (Å²) in [6.07, 6.45) is -0.245. The van der Waals surface area contributed by atoms with Crippen LogP contribution in [0.15, 0.2) is 48.5 Å². The number of halogens is 1. The Balaban J connectivity index is 2.51. The molecule has 0 aliphatic carbocycles. The molecule has 0 spiro atoms. The fraction of sp³-hybridized carbons (Fsp3) is 0.286. The van der Waals surface area contributed by atoms with Gasteiger partial charge in [0, 0.05) is 23.3 Å². The lowest BCUT2D eigenvalue weighted by Gasteiger charge is -2.26. The first kappa shape index (κ1) is 21.6. The lowest BCUT2D eigenvalue weighted by molar-refractivity contribution is -0.140. The van der Waals surface area contributed by atoms with Gasteiger partial charge in [-0.15, -0.1) is 0 Å². The average molecular weight is 403 g/mol. The smallest absolute Gasteiger partial charge is 0.325 e. The number of rotatable bonds is 8. The van der Waals surface area contributed by atoms with E-state index in [4.69, 9.17) is 26.5 Å². The minimum Gasteiger partial charge on any atom is -0.468 e. The number of nitrogens with zero attached hydrogens (tertiary/aromatic N) is 1. The second kappa shape index (κ2) is 10.0. The minimum absolute atomic E-state index is 0.0776. The van der Waals surface area contributed by atoms with E-state index in [2.05, 4.69) is 0 Å². The number of hydrogen-bond acceptors (Lipinski definition) is 5. The zero-order valence-corrected chi connectivity index (χ0v) is 16.8. The number of methoxy groups -OCH3 is 2. The van der Waals surface area contributed by atoms with Crippen molar-refractivity contribution in [3.8, 4) is 0 Å². The molecule has 0 saturated heterocycles. The number of benzene rings is 2. The Morgan fingerprint density at radius 2 is 1.82 bits per heavy atom. The number of anilines is 1. The molecule has 0 fully saturated rings. The highest BCUT2D eigenvalue weighted by Crippen LogP contribution is 2.28. The second-order valence-electron chi connectivity index (χ2n) is 6.21. The van der Waals surface area contributed by atoms with Crippen molar-refractivity contribution in [3.05, 3.63) is 64.7 Å². The highest BCUT2D eigenvalue weighted by atomic mass is 35.5. The largest absolute Gasteiger partial charge is 0.468 e. The van der Waals surface area contributed by atoms with E-state index in [0.29, 0.717) is 21.8 Å². The molecular weight excluding hydrogens is 380 g/mol. The topological polar surface area (TPSA) is 79.7 Å². The number of carbonyl (C=O) groups excluding carboxylic acids is 2. The second-order valence-corrected chi connectivity index (χ2v) is 6.65. The van der Waals surface area contributed by atoms with Crippen LogP contribution in [0.5, 0.6) is 0 Å². The summed E-state index contributed by atoms with van der Waals surface area (Å²) < 4.78 is 9.93. The molecule has 2 aromatic rings. The van der Waals surface area contributed by atoms with Crippen LogP contribution in [0.25, 0.3) is 0 Å². The van der Waals surface area contributed by atoms with E-state index in [1.165, 1.54) is 19.1 Å². The van der Waals surface area contributed by atoms with Gasteiger partial charge in [0.1, 0.15) is 6.54 Å². The van der Waals surface area contributed by atoms with Crippen LogP contribution in [0.3, 0.4) is 0 Å². The van der Waals surface area contributed by atoms with Crippen molar-refractivity contribution in [2.24, 2.45) is 0 Å². The fourth-order valence-corrected chi connectivity index (χ4v) is 2.82. The summed E-state index contributed by atoms with van der Waals surface area (Å²) in [7, 11) is 2.78. The molecule has 0 radical (unpaired) electrons. The first-order valence-electron chi connectivity index (χ1n) is 8.71. The van der Waals surface area contributed by atoms with Crippen LogP contribution >= 0.6 is 11.6 Å². The van der Waals surface area contributed by atoms with E-state index in [1.54, 1.807) is 37.3 Å². The Hall–Kier alpha value is -2.70. The van der Waals surface area contributed by atoms with Gasteiger partial charge in [0.2, 0.25) is 5.91 Å². The summed E-state index contributed by atoms with van der Waals surface area (Å²) in [5, 5.41) is 9.04. The predicted octanol–water partition coefficient (Wildman–Crippen LogP) is 3.69. The molecule has 2 rings (SSSR count). The van der Waals surface area contributed by atoms with Gasteiger partial charge in [-0.1, -0.05) is 41.9 Å². The van der Waals surface area contributed by atoms with Crippen molar-refractivity contribution < 1.29 is 19.1 Å². The van der Waals surface area contributed by atoms with Crippen molar-refractivity contribution >= 4 is 34.9 Å². The van der Waals surface area contributed by atoms with Gasteiger partial charge in [0.05, 0.1) is 31.0 Å². The number of esters is 1. The zero-order valence-electron chi connectivity index (χ0n) is 16.1. The Kier molecular flexibility index (Phi) is 7.72. The van der Waals surface area contributed by atoms with Gasteiger partial charge in [-0.3, -0.25) is 15.0 Å². The molecule has 2 aromatic carbocycles. The molecule has 1 N–H and O–H groups in total. The van der Waals surface area contributed by atoms with E-state index >= 15 is 0 Å². The summed E-state index contributed by atoms with van der Waals surface area (Å²) in [6, 6.07) is 14.0. The third-order valence-electron chi connectivity index (χ3n) is 4.26. The average Bonchev–Trinajstić information content (AvgIpc) is 2.71. The van der Waals surface area contributed by atoms with Crippen LogP contribution in [0.4, 0.5) is 5.69 Å². The SMILES string of the molecule is COC(=O)CN(C(=O)CC(C)OC)c1ccc(Cl)cc1C(=N)c1ccccc1. The van der Waals surface area contributed by atoms with Crippen LogP contribution in [0.1, 0.15) is 24.5 Å². The number of hydrogen-bond donors (Lipinski definition) is 1. The molecule has 0 aromatic heterocycles. The van der Waals surface area contributed by atoms with Gasteiger partial charge in [-0.2, -0.15) is 0 Å². The highest BCUT2D eigenvalue weighted by molar-refractivity contribution is 6.31. The van der Waals surface area contributed by atoms with Gasteiger partial charge in [-0.25, -0.2) is 0 Å². The molecule has 1 amide bonds. The maximum absolute atomic E-state index is 12.9. The van der Waals surface area contributed by atoms with Gasteiger partial charge in [0.25, 0.3) is 0 Å². The Morgan fingerprint density at radius 1 is 1.14 bits per heavy atom. The van der Waals surface area contributed by atoms with E-state index in [1.807, 2.05) is 18.2 Å². The number of carbonyl (C=O) groups is 2. The van der Waals surface area contributed by atoms with Crippen LogP contribution < -0.4 is 4.90 Å². The monoisotopic (exact) mass is 402 g/mol. The molecule has 0 aliphatic heterocycles. The normalized spacial score (nSPS) is 11.6. The van der Waals surface area contributed by atoms with Crippen molar-refractivity contribution in [1.29, 1.82) is 5.41 Å². The lowest BCUT2D eigenvalue weighted by atomic mass is 9.99. The molecule has 0 saturated carbocycles. The van der Waals surface area contributed by atoms with E-state index in [9.17, 15) is 9.59 Å². The van der Waals surface area contributed by atoms with Gasteiger partial charge in [0.15, 0.2) is 0 Å². The third-order valence-corrected chi connectivity index (χ3v) is 4.50. The summed E-state index contributed by atoms with van der Waals surface area (Å²) >= 11 is 6.16. The van der Waals surface area contributed by atoms with Crippen molar-refractivity contribution in [2.45, 2.75) is 19.4 Å². The molecule has 1 atom stereocenters. The third kappa shape index (κ3) is 5.41. The Bertz CT molecular complexity index is 855. The van der Waals surface area contributed by atoms with Gasteiger partial charge >= 0.3 is 5.97 Å². The van der Waals surface area contributed by atoms with Crippen LogP contribution in [-0.4, -0.2) is 44.5 Å². The van der Waals surface area contributed by atoms with Crippen molar-refractivity contribution in [2.75, 3.05) is 25.7 Å². The summed E-state index contributed by atoms with van der Waals surface area (Å²) in [5.74, 6) is -0.880. The fourth-order valence-electron chi connectivity index (χ4n) is 2.64. The van der Waals surface area contributed by atoms with Crippen molar-refractivity contribution in [3.63, 3.8) is 0 Å².